The lowest BCUT2D eigenvalue weighted by molar-refractivity contribution is 0.404. The largest absolute Gasteiger partial charge is 0.504 e. The minimum Gasteiger partial charge on any atom is -0.504 e. The molecule has 1 aromatic heterocycles. The summed E-state index contributed by atoms with van der Waals surface area (Å²) in [4.78, 5) is 4.41. The zero-order valence-electron chi connectivity index (χ0n) is 12.2. The van der Waals surface area contributed by atoms with Crippen LogP contribution in [0.1, 0.15) is 50.5 Å². The van der Waals surface area contributed by atoms with Crippen molar-refractivity contribution in [2.24, 2.45) is 0 Å². The summed E-state index contributed by atoms with van der Waals surface area (Å²) in [5.74, 6) is -0.263. The van der Waals surface area contributed by atoms with Crippen LogP contribution in [0.5, 0.6) is 11.5 Å². The fourth-order valence-electron chi connectivity index (χ4n) is 3.25. The van der Waals surface area contributed by atoms with Crippen LogP contribution < -0.4 is 0 Å². The summed E-state index contributed by atoms with van der Waals surface area (Å²) < 4.78 is 0. The molecular weight excluding hydrogens is 261 g/mol. The highest BCUT2D eigenvalue weighted by molar-refractivity contribution is 6.16. The molecule has 0 bridgehead atoms. The molecule has 1 saturated carbocycles. The summed E-state index contributed by atoms with van der Waals surface area (Å²) >= 11 is 0. The minimum absolute atomic E-state index is 0.120. The monoisotopic (exact) mass is 281 g/mol. The van der Waals surface area contributed by atoms with Crippen molar-refractivity contribution in [2.45, 2.75) is 50.3 Å². The number of rotatable bonds is 1. The van der Waals surface area contributed by atoms with E-state index in [1.807, 2.05) is 12.3 Å². The Morgan fingerprint density at radius 2 is 1.52 bits per heavy atom. The topological polar surface area (TPSA) is 53.4 Å². The number of benzene rings is 1. The highest BCUT2D eigenvalue weighted by Gasteiger charge is 2.27. The molecular formula is C17H20BNO2. The zero-order valence-corrected chi connectivity index (χ0v) is 12.2. The molecule has 0 atom stereocenters. The van der Waals surface area contributed by atoms with Crippen LogP contribution in [0.25, 0.3) is 10.9 Å². The van der Waals surface area contributed by atoms with Gasteiger partial charge in [-0.3, -0.25) is 4.98 Å². The van der Waals surface area contributed by atoms with Crippen LogP contribution in [0.3, 0.4) is 0 Å². The summed E-state index contributed by atoms with van der Waals surface area (Å²) in [5, 5.41) is 19.7. The Morgan fingerprint density at radius 1 is 0.905 bits per heavy atom. The Bertz CT molecular complexity index is 649. The Kier molecular flexibility index (Phi) is 3.79. The molecule has 2 N–H and O–H groups in total. The van der Waals surface area contributed by atoms with Crippen LogP contribution in [0.4, 0.5) is 0 Å². The molecule has 1 fully saturated rings. The van der Waals surface area contributed by atoms with Gasteiger partial charge >= 0.3 is 0 Å². The van der Waals surface area contributed by atoms with Crippen molar-refractivity contribution in [1.29, 1.82) is 0 Å². The molecule has 0 unspecified atom stereocenters. The van der Waals surface area contributed by atoms with E-state index >= 15 is 0 Å². The smallest absolute Gasteiger partial charge is 0.159 e. The summed E-state index contributed by atoms with van der Waals surface area (Å²) in [6.07, 6.45) is 9.86. The number of hydrogen-bond donors (Lipinski definition) is 2. The first-order valence-electron chi connectivity index (χ1n) is 7.70. The van der Waals surface area contributed by atoms with E-state index in [4.69, 9.17) is 7.85 Å². The van der Waals surface area contributed by atoms with Crippen molar-refractivity contribution < 1.29 is 10.2 Å². The Balaban J connectivity index is 2.00. The van der Waals surface area contributed by atoms with Crippen molar-refractivity contribution in [1.82, 2.24) is 4.98 Å². The van der Waals surface area contributed by atoms with Gasteiger partial charge in [0.25, 0.3) is 0 Å². The standard InChI is InChI=1S/C17H20BNO2/c18-17(6-4-2-1-3-5-7-17)13-8-12-9-15(20)16(21)10-14(12)19-11-13/h8-11,20-21H,1-7H2. The number of aromatic nitrogens is 1. The van der Waals surface area contributed by atoms with Gasteiger partial charge in [-0.15, -0.1) is 0 Å². The summed E-state index contributed by atoms with van der Waals surface area (Å²) in [6.45, 7) is 0. The zero-order chi connectivity index (χ0) is 14.9. The molecule has 0 spiro atoms. The maximum absolute atomic E-state index is 9.66. The molecule has 0 saturated heterocycles. The third-order valence-corrected chi connectivity index (χ3v) is 4.60. The van der Waals surface area contributed by atoms with Gasteiger partial charge in [-0.05, 0) is 23.0 Å². The fraction of sp³-hybridized carbons (Fsp3) is 0.471. The van der Waals surface area contributed by atoms with Gasteiger partial charge in [-0.2, -0.15) is 0 Å². The first-order chi connectivity index (χ1) is 10.1. The van der Waals surface area contributed by atoms with Gasteiger partial charge in [-0.1, -0.05) is 44.9 Å². The molecule has 3 rings (SSSR count). The summed E-state index contributed by atoms with van der Waals surface area (Å²) in [5.41, 5.74) is 1.70. The van der Waals surface area contributed by atoms with E-state index in [9.17, 15) is 10.2 Å². The van der Waals surface area contributed by atoms with Crippen molar-refractivity contribution in [3.63, 3.8) is 0 Å². The van der Waals surface area contributed by atoms with Crippen LogP contribution in [-0.4, -0.2) is 23.0 Å². The molecule has 1 aliphatic rings. The van der Waals surface area contributed by atoms with Crippen LogP contribution in [0.15, 0.2) is 24.4 Å². The second-order valence-electron chi connectivity index (χ2n) is 6.18. The van der Waals surface area contributed by atoms with E-state index < -0.39 is 0 Å². The Hall–Kier alpha value is -1.71. The highest BCUT2D eigenvalue weighted by Crippen LogP contribution is 2.37. The van der Waals surface area contributed by atoms with Gasteiger partial charge in [0, 0.05) is 17.6 Å². The number of aromatic hydroxyl groups is 2. The van der Waals surface area contributed by atoms with Gasteiger partial charge in [0.1, 0.15) is 0 Å². The maximum Gasteiger partial charge on any atom is 0.159 e. The molecule has 21 heavy (non-hydrogen) atoms. The predicted molar refractivity (Wildman–Crippen MR) is 84.8 cm³/mol. The molecule has 1 aliphatic carbocycles. The second-order valence-corrected chi connectivity index (χ2v) is 6.18. The van der Waals surface area contributed by atoms with Crippen LogP contribution in [0, 0.1) is 0 Å². The lowest BCUT2D eigenvalue weighted by atomic mass is 9.58. The number of hydrogen-bond acceptors (Lipinski definition) is 3. The molecule has 2 aromatic rings. The van der Waals surface area contributed by atoms with Gasteiger partial charge in [-0.25, -0.2) is 0 Å². The average molecular weight is 281 g/mol. The van der Waals surface area contributed by atoms with Crippen molar-refractivity contribution >= 4 is 18.7 Å². The minimum atomic E-state index is -0.324. The summed E-state index contributed by atoms with van der Waals surface area (Å²) in [7, 11) is 6.66. The van der Waals surface area contributed by atoms with Gasteiger partial charge in [0.05, 0.1) is 13.4 Å². The van der Waals surface area contributed by atoms with Crippen LogP contribution in [-0.2, 0) is 5.31 Å². The molecule has 2 radical (unpaired) electrons. The number of phenols is 2. The van der Waals surface area contributed by atoms with Gasteiger partial charge in [0.15, 0.2) is 11.5 Å². The van der Waals surface area contributed by atoms with E-state index in [0.717, 1.165) is 36.6 Å². The molecule has 1 heterocycles. The number of phenolic OH excluding ortho intramolecular Hbond substituents is 2. The third kappa shape index (κ3) is 2.85. The van der Waals surface area contributed by atoms with Gasteiger partial charge in [0.2, 0.25) is 0 Å². The first kappa shape index (κ1) is 14.2. The molecule has 3 nitrogen and oxygen atoms in total. The van der Waals surface area contributed by atoms with E-state index in [1.165, 1.54) is 25.3 Å². The molecule has 108 valence electrons. The normalized spacial score (nSPS) is 19.0. The molecule has 0 aliphatic heterocycles. The highest BCUT2D eigenvalue weighted by atomic mass is 16.3. The molecule has 0 amide bonds. The number of pyridine rings is 1. The Labute approximate surface area is 126 Å². The van der Waals surface area contributed by atoms with E-state index in [0.29, 0.717) is 5.52 Å². The second kappa shape index (κ2) is 5.59. The van der Waals surface area contributed by atoms with Crippen molar-refractivity contribution in [3.05, 3.63) is 30.0 Å². The van der Waals surface area contributed by atoms with Crippen LogP contribution >= 0.6 is 0 Å². The average Bonchev–Trinajstić information content (AvgIpc) is 2.44. The first-order valence-corrected chi connectivity index (χ1v) is 7.70. The fourth-order valence-corrected chi connectivity index (χ4v) is 3.25. The quantitative estimate of drug-likeness (QED) is 0.618. The number of nitrogens with zero attached hydrogens (tertiary/aromatic N) is 1. The van der Waals surface area contributed by atoms with E-state index in [1.54, 1.807) is 6.07 Å². The van der Waals surface area contributed by atoms with Crippen LogP contribution in [0.2, 0.25) is 0 Å². The van der Waals surface area contributed by atoms with Gasteiger partial charge < -0.3 is 10.2 Å². The summed E-state index contributed by atoms with van der Waals surface area (Å²) in [6, 6.07) is 5.03. The Morgan fingerprint density at radius 3 is 2.24 bits per heavy atom. The van der Waals surface area contributed by atoms with Crippen molar-refractivity contribution in [2.75, 3.05) is 0 Å². The number of fused-ring (bicyclic) bond motifs is 1. The van der Waals surface area contributed by atoms with E-state index in [-0.39, 0.29) is 16.8 Å². The SMILES string of the molecule is [B]C1(c2cnc3cc(O)c(O)cc3c2)CCCCCCC1. The molecule has 1 aromatic carbocycles. The predicted octanol–water partition coefficient (Wildman–Crippen LogP) is 3.75. The van der Waals surface area contributed by atoms with Crippen molar-refractivity contribution in [3.8, 4) is 11.5 Å². The lowest BCUT2D eigenvalue weighted by Crippen LogP contribution is -2.27. The van der Waals surface area contributed by atoms with E-state index in [2.05, 4.69) is 4.98 Å². The maximum atomic E-state index is 9.66. The lowest BCUT2D eigenvalue weighted by Gasteiger charge is -2.32. The third-order valence-electron chi connectivity index (χ3n) is 4.60. The molecule has 4 heteroatoms.